The Labute approximate surface area is 156 Å². The minimum absolute atomic E-state index is 0.127. The van der Waals surface area contributed by atoms with Crippen molar-refractivity contribution in [2.75, 3.05) is 0 Å². The van der Waals surface area contributed by atoms with Crippen molar-refractivity contribution < 1.29 is 24.1 Å². The van der Waals surface area contributed by atoms with Gasteiger partial charge in [-0.05, 0) is 39.0 Å². The van der Waals surface area contributed by atoms with E-state index in [1.54, 1.807) is 39.0 Å². The van der Waals surface area contributed by atoms with Crippen molar-refractivity contribution in [1.29, 1.82) is 5.26 Å². The predicted molar refractivity (Wildman–Crippen MR) is 93.1 cm³/mol. The van der Waals surface area contributed by atoms with Crippen LogP contribution in [0.25, 0.3) is 0 Å². The van der Waals surface area contributed by atoms with Crippen LogP contribution < -0.4 is 9.47 Å². The van der Waals surface area contributed by atoms with Crippen molar-refractivity contribution in [3.05, 3.63) is 41.5 Å². The molecule has 8 heteroatoms. The van der Waals surface area contributed by atoms with Crippen LogP contribution in [0.15, 0.2) is 30.3 Å². The highest BCUT2D eigenvalue weighted by atomic mass is 16.6. The molecule has 1 aliphatic rings. The maximum absolute atomic E-state index is 11.8. The molecule has 0 bridgehead atoms. The Balaban J connectivity index is 2.16. The summed E-state index contributed by atoms with van der Waals surface area (Å²) in [7, 11) is 0. The molecule has 2 atom stereocenters. The summed E-state index contributed by atoms with van der Waals surface area (Å²) in [5.74, 6) is -0.105. The lowest BCUT2D eigenvalue weighted by atomic mass is 9.76. The first kappa shape index (κ1) is 18.5. The summed E-state index contributed by atoms with van der Waals surface area (Å²) in [6.07, 6.45) is -0.827. The first-order valence-electron chi connectivity index (χ1n) is 8.28. The molecular formula is C19H19N3O5. The Hall–Kier alpha value is -3.34. The van der Waals surface area contributed by atoms with Crippen LogP contribution in [-0.4, -0.2) is 32.5 Å². The van der Waals surface area contributed by atoms with Gasteiger partial charge in [-0.15, -0.1) is 10.2 Å². The lowest BCUT2D eigenvalue weighted by Crippen LogP contribution is -2.61. The number of nitrogens with zero attached hydrogens (tertiary/aromatic N) is 3. The standard InChI is InChI=1S/C19H19N3O5/c1-11(23)26-19(4)17(25-16-8-7-15(24)21-22-16)13-9-12(10-20)5-6-14(13)27-18(19,2)3/h5-9,17H,1-4H3,(H,21,24). The van der Waals surface area contributed by atoms with Crippen molar-refractivity contribution in [3.8, 4) is 23.6 Å². The Kier molecular flexibility index (Phi) is 4.39. The van der Waals surface area contributed by atoms with Gasteiger partial charge in [0.05, 0.1) is 11.6 Å². The fourth-order valence-electron chi connectivity index (χ4n) is 3.05. The summed E-state index contributed by atoms with van der Waals surface area (Å²) in [5.41, 5.74) is -1.23. The number of ether oxygens (including phenoxy) is 3. The highest BCUT2D eigenvalue weighted by Gasteiger charge is 2.58. The summed E-state index contributed by atoms with van der Waals surface area (Å²) in [6, 6.07) is 9.82. The summed E-state index contributed by atoms with van der Waals surface area (Å²) in [5, 5.41) is 26.0. The zero-order chi connectivity index (χ0) is 19.8. The van der Waals surface area contributed by atoms with Gasteiger partial charge in [-0.1, -0.05) is 0 Å². The van der Waals surface area contributed by atoms with Gasteiger partial charge >= 0.3 is 5.97 Å². The molecule has 8 nitrogen and oxygen atoms in total. The lowest BCUT2D eigenvalue weighted by Gasteiger charge is -2.50. The van der Waals surface area contributed by atoms with E-state index in [1.807, 2.05) is 0 Å². The zero-order valence-corrected chi connectivity index (χ0v) is 15.4. The third-order valence-electron chi connectivity index (χ3n) is 4.70. The van der Waals surface area contributed by atoms with Gasteiger partial charge in [-0.3, -0.25) is 4.79 Å². The van der Waals surface area contributed by atoms with Crippen LogP contribution in [0.4, 0.5) is 0 Å². The fourth-order valence-corrected chi connectivity index (χ4v) is 3.05. The van der Waals surface area contributed by atoms with Gasteiger partial charge in [0.1, 0.15) is 11.4 Å². The van der Waals surface area contributed by atoms with E-state index < -0.39 is 23.3 Å². The fraction of sp³-hybridized carbons (Fsp3) is 0.368. The van der Waals surface area contributed by atoms with Gasteiger partial charge in [0.15, 0.2) is 11.7 Å². The van der Waals surface area contributed by atoms with E-state index in [-0.39, 0.29) is 11.8 Å². The first-order valence-corrected chi connectivity index (χ1v) is 8.28. The summed E-state index contributed by atoms with van der Waals surface area (Å²) >= 11 is 0. The number of aromatic nitrogens is 2. The molecule has 0 fully saturated rings. The Morgan fingerprint density at radius 3 is 2.59 bits per heavy atom. The van der Waals surface area contributed by atoms with Gasteiger partial charge in [-0.25, -0.2) is 0 Å². The van der Waals surface area contributed by atoms with Crippen LogP contribution >= 0.6 is 0 Å². The van der Waals surface area contributed by atoms with Crippen LogP contribution in [0, 0.1) is 11.3 Å². The number of fused-ring (bicyclic) bond motifs is 1. The normalized spacial score (nSPS) is 22.7. The third-order valence-corrected chi connectivity index (χ3v) is 4.70. The van der Waals surface area contributed by atoms with Crippen molar-refractivity contribution in [1.82, 2.24) is 10.2 Å². The molecule has 0 saturated heterocycles. The Morgan fingerprint density at radius 1 is 1.26 bits per heavy atom. The summed E-state index contributed by atoms with van der Waals surface area (Å²) in [4.78, 5) is 11.8. The quantitative estimate of drug-likeness (QED) is 0.821. The predicted octanol–water partition coefficient (Wildman–Crippen LogP) is 2.67. The molecule has 0 saturated carbocycles. The van der Waals surface area contributed by atoms with E-state index in [2.05, 4.69) is 16.3 Å². The topological polar surface area (TPSA) is 115 Å². The van der Waals surface area contributed by atoms with E-state index in [9.17, 15) is 15.2 Å². The number of esters is 1. The van der Waals surface area contributed by atoms with Gasteiger partial charge in [0, 0.05) is 24.6 Å². The van der Waals surface area contributed by atoms with E-state index >= 15 is 0 Å². The number of nitriles is 1. The molecule has 2 aromatic rings. The lowest BCUT2D eigenvalue weighted by molar-refractivity contribution is -0.209. The molecule has 0 radical (unpaired) electrons. The van der Waals surface area contributed by atoms with Gasteiger partial charge in [0.2, 0.25) is 11.8 Å². The highest BCUT2D eigenvalue weighted by molar-refractivity contribution is 5.67. The molecule has 2 unspecified atom stereocenters. The minimum Gasteiger partial charge on any atom is -0.492 e. The molecule has 1 aromatic carbocycles. The van der Waals surface area contributed by atoms with Crippen LogP contribution in [0.3, 0.4) is 0 Å². The minimum atomic E-state index is -1.24. The van der Waals surface area contributed by atoms with Gasteiger partial charge in [-0.2, -0.15) is 5.26 Å². The van der Waals surface area contributed by atoms with Crippen LogP contribution in [0.2, 0.25) is 0 Å². The van der Waals surface area contributed by atoms with Crippen LogP contribution in [0.1, 0.15) is 44.9 Å². The average molecular weight is 369 g/mol. The number of benzene rings is 1. The molecule has 1 N–H and O–H groups in total. The molecule has 0 spiro atoms. The van der Waals surface area contributed by atoms with Crippen molar-refractivity contribution in [2.45, 2.75) is 45.0 Å². The molecule has 0 amide bonds. The molecule has 3 rings (SSSR count). The summed E-state index contributed by atoms with van der Waals surface area (Å²) < 4.78 is 17.8. The number of hydrogen-bond donors (Lipinski definition) is 1. The molecular weight excluding hydrogens is 350 g/mol. The molecule has 0 aliphatic carbocycles. The smallest absolute Gasteiger partial charge is 0.303 e. The van der Waals surface area contributed by atoms with Crippen LogP contribution in [0.5, 0.6) is 17.5 Å². The number of rotatable bonds is 3. The van der Waals surface area contributed by atoms with Crippen LogP contribution in [-0.2, 0) is 9.53 Å². The maximum Gasteiger partial charge on any atom is 0.303 e. The second-order valence-corrected chi connectivity index (χ2v) is 6.91. The SMILES string of the molecule is CC(=O)OC1(C)C(Oc2ccc(O)nn2)c2cc(C#N)ccc2OC1(C)C. The third kappa shape index (κ3) is 3.24. The number of aromatic hydroxyl groups is 1. The van der Waals surface area contributed by atoms with E-state index in [1.165, 1.54) is 19.1 Å². The van der Waals surface area contributed by atoms with Crippen molar-refractivity contribution in [3.63, 3.8) is 0 Å². The monoisotopic (exact) mass is 369 g/mol. The van der Waals surface area contributed by atoms with Gasteiger partial charge in [0.25, 0.3) is 0 Å². The molecule has 1 aromatic heterocycles. The van der Waals surface area contributed by atoms with Gasteiger partial charge < -0.3 is 19.3 Å². The number of hydrogen-bond acceptors (Lipinski definition) is 8. The van der Waals surface area contributed by atoms with E-state index in [4.69, 9.17) is 14.2 Å². The van der Waals surface area contributed by atoms with E-state index in [0.717, 1.165) is 0 Å². The number of carbonyl (C=O) groups excluding carboxylic acids is 1. The second kappa shape index (κ2) is 6.43. The first-order chi connectivity index (χ1) is 12.7. The largest absolute Gasteiger partial charge is 0.492 e. The highest BCUT2D eigenvalue weighted by Crippen LogP contribution is 2.50. The molecule has 1 aliphatic heterocycles. The second-order valence-electron chi connectivity index (χ2n) is 6.91. The Morgan fingerprint density at radius 2 is 2.00 bits per heavy atom. The Bertz CT molecular complexity index is 920. The average Bonchev–Trinajstić information content (AvgIpc) is 2.60. The molecule has 140 valence electrons. The summed E-state index contributed by atoms with van der Waals surface area (Å²) in [6.45, 7) is 6.58. The molecule has 27 heavy (non-hydrogen) atoms. The molecule has 2 heterocycles. The van der Waals surface area contributed by atoms with Crippen molar-refractivity contribution in [2.24, 2.45) is 0 Å². The van der Waals surface area contributed by atoms with E-state index in [0.29, 0.717) is 16.9 Å². The van der Waals surface area contributed by atoms with Crippen molar-refractivity contribution >= 4 is 5.97 Å². The maximum atomic E-state index is 11.8. The zero-order valence-electron chi connectivity index (χ0n) is 15.4. The number of carbonyl (C=O) groups is 1.